The Morgan fingerprint density at radius 3 is 1.75 bits per heavy atom. The third-order valence-electron chi connectivity index (χ3n) is 3.17. The molecule has 0 amide bonds. The Bertz CT molecular complexity index is 641. The van der Waals surface area contributed by atoms with Crippen molar-refractivity contribution < 1.29 is 0 Å². The average molecular weight is 277 g/mol. The third kappa shape index (κ3) is 2.79. The highest BCUT2D eigenvalue weighted by atomic mass is 31.1. The van der Waals surface area contributed by atoms with Gasteiger partial charge in [0, 0.05) is 11.9 Å². The predicted octanol–water partition coefficient (Wildman–Crippen LogP) is 3.15. The highest BCUT2D eigenvalue weighted by molar-refractivity contribution is 7.79. The quantitative estimate of drug-likeness (QED) is 0.670. The molecule has 0 aliphatic rings. The number of benzene rings is 2. The first-order valence-corrected chi connectivity index (χ1v) is 8.01. The first-order valence-electron chi connectivity index (χ1n) is 6.67. The van der Waals surface area contributed by atoms with Crippen LogP contribution in [0.2, 0.25) is 0 Å². The molecule has 0 N–H and O–H groups in total. The third-order valence-corrected chi connectivity index (χ3v) is 5.59. The molecule has 98 valence electrons. The molecule has 0 saturated heterocycles. The van der Waals surface area contributed by atoms with Crippen LogP contribution in [0.4, 0.5) is 0 Å². The van der Waals surface area contributed by atoms with Crippen molar-refractivity contribution in [2.45, 2.75) is 6.92 Å². The molecule has 2 aromatic carbocycles. The van der Waals surface area contributed by atoms with Gasteiger partial charge in [-0.25, -0.2) is 0 Å². The van der Waals surface area contributed by atoms with Crippen molar-refractivity contribution in [3.63, 3.8) is 0 Å². The summed E-state index contributed by atoms with van der Waals surface area (Å²) in [5.41, 5.74) is 1.07. The minimum atomic E-state index is -0.502. The molecule has 3 aromatic rings. The van der Waals surface area contributed by atoms with Crippen LogP contribution in [-0.2, 0) is 0 Å². The fraction of sp³-hybridized carbons (Fsp3) is 0.0556. The number of nitrogens with zero attached hydrogens (tertiary/aromatic N) is 1. The summed E-state index contributed by atoms with van der Waals surface area (Å²) >= 11 is 0. The monoisotopic (exact) mass is 277 g/mol. The van der Waals surface area contributed by atoms with Gasteiger partial charge in [0.05, 0.1) is 0 Å². The van der Waals surface area contributed by atoms with E-state index >= 15 is 0 Å². The molecule has 2 heteroatoms. The Hall–Kier alpha value is -1.98. The largest absolute Gasteiger partial charge is 0.262 e. The normalized spacial score (nSPS) is 10.7. The van der Waals surface area contributed by atoms with Gasteiger partial charge in [0.15, 0.2) is 0 Å². The second-order valence-corrected chi connectivity index (χ2v) is 6.88. The molecule has 0 spiro atoms. The molecule has 0 saturated carbocycles. The Morgan fingerprint density at radius 2 is 1.25 bits per heavy atom. The van der Waals surface area contributed by atoms with E-state index in [1.165, 1.54) is 15.9 Å². The lowest BCUT2D eigenvalue weighted by Gasteiger charge is -2.19. The molecular formula is C18H16NP. The van der Waals surface area contributed by atoms with Crippen molar-refractivity contribution in [3.8, 4) is 0 Å². The van der Waals surface area contributed by atoms with Gasteiger partial charge >= 0.3 is 0 Å². The summed E-state index contributed by atoms with van der Waals surface area (Å²) in [6.45, 7) is 2.05. The summed E-state index contributed by atoms with van der Waals surface area (Å²) in [5.74, 6) is 0. The number of rotatable bonds is 3. The van der Waals surface area contributed by atoms with E-state index < -0.39 is 7.92 Å². The van der Waals surface area contributed by atoms with Crippen molar-refractivity contribution in [3.05, 3.63) is 84.7 Å². The van der Waals surface area contributed by atoms with Crippen LogP contribution >= 0.6 is 7.92 Å². The van der Waals surface area contributed by atoms with Gasteiger partial charge < -0.3 is 0 Å². The topological polar surface area (TPSA) is 12.9 Å². The number of hydrogen-bond acceptors (Lipinski definition) is 1. The second-order valence-electron chi connectivity index (χ2n) is 4.66. The van der Waals surface area contributed by atoms with Crippen LogP contribution < -0.4 is 15.9 Å². The van der Waals surface area contributed by atoms with Crippen molar-refractivity contribution in [1.82, 2.24) is 4.98 Å². The van der Waals surface area contributed by atoms with Crippen LogP contribution in [0.3, 0.4) is 0 Å². The van der Waals surface area contributed by atoms with Crippen LogP contribution in [0.5, 0.6) is 0 Å². The molecule has 20 heavy (non-hydrogen) atoms. The fourth-order valence-electron chi connectivity index (χ4n) is 2.27. The fourth-order valence-corrected chi connectivity index (χ4v) is 4.64. The Balaban J connectivity index is 2.14. The maximum atomic E-state index is 4.32. The van der Waals surface area contributed by atoms with Crippen LogP contribution in [0.15, 0.2) is 79.0 Å². The van der Waals surface area contributed by atoms with Gasteiger partial charge in [-0.05, 0) is 42.9 Å². The minimum absolute atomic E-state index is 0.502. The smallest absolute Gasteiger partial charge is 0.0379 e. The Morgan fingerprint density at radius 1 is 0.700 bits per heavy atom. The van der Waals surface area contributed by atoms with E-state index in [1.54, 1.807) is 0 Å². The average Bonchev–Trinajstić information content (AvgIpc) is 2.50. The number of aromatic nitrogens is 1. The molecule has 1 heterocycles. The van der Waals surface area contributed by atoms with Gasteiger partial charge in [0.25, 0.3) is 0 Å². The van der Waals surface area contributed by atoms with Gasteiger partial charge in [-0.3, -0.25) is 4.98 Å². The molecule has 0 atom stereocenters. The van der Waals surface area contributed by atoms with Crippen LogP contribution in [0.25, 0.3) is 0 Å². The molecule has 0 aliphatic heterocycles. The lowest BCUT2D eigenvalue weighted by molar-refractivity contribution is 1.21. The molecule has 0 fully saturated rings. The summed E-state index contributed by atoms with van der Waals surface area (Å²) in [5, 5.41) is 4.10. The molecular weight excluding hydrogens is 261 g/mol. The van der Waals surface area contributed by atoms with Gasteiger partial charge in [0.1, 0.15) is 0 Å². The number of pyridine rings is 1. The second kappa shape index (κ2) is 5.98. The maximum absolute atomic E-state index is 4.32. The van der Waals surface area contributed by atoms with Gasteiger partial charge in [-0.1, -0.05) is 60.7 Å². The highest BCUT2D eigenvalue weighted by Crippen LogP contribution is 2.32. The van der Waals surface area contributed by atoms with E-state index in [0.29, 0.717) is 0 Å². The lowest BCUT2D eigenvalue weighted by Crippen LogP contribution is -2.20. The first kappa shape index (κ1) is 13.0. The van der Waals surface area contributed by atoms with E-state index in [1.807, 2.05) is 13.1 Å². The van der Waals surface area contributed by atoms with Crippen LogP contribution in [0.1, 0.15) is 5.69 Å². The number of aryl methyl sites for hydroxylation is 1. The Labute approximate surface area is 121 Å². The van der Waals surface area contributed by atoms with Crippen molar-refractivity contribution in [2.24, 2.45) is 0 Å². The SMILES string of the molecule is Cc1cc(P(c2ccccc2)c2ccccc2)ccn1. The zero-order chi connectivity index (χ0) is 13.8. The van der Waals surface area contributed by atoms with Crippen molar-refractivity contribution >= 4 is 23.8 Å². The molecule has 0 bridgehead atoms. The van der Waals surface area contributed by atoms with Gasteiger partial charge in [0.2, 0.25) is 0 Å². The molecule has 1 nitrogen and oxygen atoms in total. The summed E-state index contributed by atoms with van der Waals surface area (Å²) in [7, 11) is -0.502. The Kier molecular flexibility index (Phi) is 3.90. The lowest BCUT2D eigenvalue weighted by atomic mass is 10.4. The summed E-state index contributed by atoms with van der Waals surface area (Å²) in [4.78, 5) is 4.32. The van der Waals surface area contributed by atoms with E-state index in [2.05, 4.69) is 77.8 Å². The standard InChI is InChI=1S/C18H16NP/c1-15-14-18(12-13-19-15)20(16-8-4-2-5-9-16)17-10-6-3-7-11-17/h2-14H,1H3. The summed E-state index contributed by atoms with van der Waals surface area (Å²) in [6.07, 6.45) is 1.91. The molecule has 0 unspecified atom stereocenters. The molecule has 1 aromatic heterocycles. The molecule has 0 aliphatic carbocycles. The zero-order valence-corrected chi connectivity index (χ0v) is 12.3. The van der Waals surface area contributed by atoms with E-state index in [9.17, 15) is 0 Å². The van der Waals surface area contributed by atoms with Crippen LogP contribution in [-0.4, -0.2) is 4.98 Å². The molecule has 0 radical (unpaired) electrons. The highest BCUT2D eigenvalue weighted by Gasteiger charge is 2.15. The summed E-state index contributed by atoms with van der Waals surface area (Å²) in [6, 6.07) is 25.8. The number of hydrogen-bond donors (Lipinski definition) is 0. The zero-order valence-electron chi connectivity index (χ0n) is 11.4. The minimum Gasteiger partial charge on any atom is -0.262 e. The van der Waals surface area contributed by atoms with Crippen molar-refractivity contribution in [2.75, 3.05) is 0 Å². The van der Waals surface area contributed by atoms with Crippen LogP contribution in [0, 0.1) is 6.92 Å². The van der Waals surface area contributed by atoms with Gasteiger partial charge in [-0.2, -0.15) is 0 Å². The van der Waals surface area contributed by atoms with Gasteiger partial charge in [-0.15, -0.1) is 0 Å². The van der Waals surface area contributed by atoms with E-state index in [-0.39, 0.29) is 0 Å². The van der Waals surface area contributed by atoms with Crippen molar-refractivity contribution in [1.29, 1.82) is 0 Å². The first-order chi connectivity index (χ1) is 9.84. The molecule has 3 rings (SSSR count). The van der Waals surface area contributed by atoms with E-state index in [0.717, 1.165) is 5.69 Å². The maximum Gasteiger partial charge on any atom is 0.0379 e. The van der Waals surface area contributed by atoms with E-state index in [4.69, 9.17) is 0 Å². The summed E-state index contributed by atoms with van der Waals surface area (Å²) < 4.78 is 0. The predicted molar refractivity (Wildman–Crippen MR) is 87.7 cm³/mol.